The summed E-state index contributed by atoms with van der Waals surface area (Å²) in [6.07, 6.45) is 1.75. The van der Waals surface area contributed by atoms with Gasteiger partial charge in [0.25, 0.3) is 0 Å². The zero-order chi connectivity index (χ0) is 20.6. The lowest BCUT2D eigenvalue weighted by atomic mass is 10.1. The Morgan fingerprint density at radius 2 is 1.69 bits per heavy atom. The molecule has 146 valence electrons. The molecule has 3 rings (SSSR count). The monoisotopic (exact) mass is 470 g/mol. The van der Waals surface area contributed by atoms with Crippen molar-refractivity contribution in [2.45, 2.75) is 6.42 Å². The van der Waals surface area contributed by atoms with Crippen molar-refractivity contribution in [2.24, 2.45) is 5.10 Å². The fourth-order valence-electron chi connectivity index (χ4n) is 2.42. The maximum Gasteiger partial charge on any atom is 0.345 e. The van der Waals surface area contributed by atoms with E-state index in [2.05, 4.69) is 26.5 Å². The first-order valence-electron chi connectivity index (χ1n) is 8.64. The van der Waals surface area contributed by atoms with E-state index in [0.29, 0.717) is 16.3 Å². The number of esters is 1. The predicted molar refractivity (Wildman–Crippen MR) is 116 cm³/mol. The molecule has 3 aromatic carbocycles. The summed E-state index contributed by atoms with van der Waals surface area (Å²) < 4.78 is 6.27. The maximum atomic E-state index is 12.2. The molecule has 0 aliphatic rings. The van der Waals surface area contributed by atoms with Crippen LogP contribution in [0.25, 0.3) is 0 Å². The number of rotatable bonds is 6. The molecular formula is C22H16BrClN2O3. The van der Waals surface area contributed by atoms with E-state index in [0.717, 1.165) is 15.6 Å². The maximum absolute atomic E-state index is 12.2. The van der Waals surface area contributed by atoms with Gasteiger partial charge in [0.2, 0.25) is 5.91 Å². The lowest BCUT2D eigenvalue weighted by Gasteiger charge is -2.06. The average molecular weight is 472 g/mol. The van der Waals surface area contributed by atoms with Crippen LogP contribution < -0.4 is 10.2 Å². The van der Waals surface area contributed by atoms with Gasteiger partial charge in [-0.2, -0.15) is 5.10 Å². The fourth-order valence-corrected chi connectivity index (χ4v) is 2.89. The van der Waals surface area contributed by atoms with Gasteiger partial charge in [-0.3, -0.25) is 4.79 Å². The first-order valence-corrected chi connectivity index (χ1v) is 9.81. The average Bonchev–Trinajstić information content (AvgIpc) is 2.71. The third kappa shape index (κ3) is 6.27. The molecule has 3 aromatic rings. The molecule has 7 heteroatoms. The molecule has 0 unspecified atom stereocenters. The Labute approximate surface area is 181 Å². The largest absolute Gasteiger partial charge is 0.423 e. The summed E-state index contributed by atoms with van der Waals surface area (Å²) >= 11 is 9.35. The molecule has 0 saturated carbocycles. The van der Waals surface area contributed by atoms with Crippen molar-refractivity contribution in [3.63, 3.8) is 0 Å². The van der Waals surface area contributed by atoms with Gasteiger partial charge < -0.3 is 4.74 Å². The number of amides is 1. The van der Waals surface area contributed by atoms with E-state index < -0.39 is 5.97 Å². The van der Waals surface area contributed by atoms with Gasteiger partial charge in [0.1, 0.15) is 5.75 Å². The van der Waals surface area contributed by atoms with Crippen molar-refractivity contribution in [2.75, 3.05) is 0 Å². The van der Waals surface area contributed by atoms with Crippen LogP contribution >= 0.6 is 27.5 Å². The highest BCUT2D eigenvalue weighted by atomic mass is 79.9. The van der Waals surface area contributed by atoms with Crippen LogP contribution in [-0.2, 0) is 11.2 Å². The highest BCUT2D eigenvalue weighted by molar-refractivity contribution is 9.10. The second kappa shape index (κ2) is 10.0. The Morgan fingerprint density at radius 3 is 2.38 bits per heavy atom. The van der Waals surface area contributed by atoms with Crippen LogP contribution in [0.3, 0.4) is 0 Å². The second-order valence-corrected chi connectivity index (χ2v) is 7.36. The molecule has 0 fully saturated rings. The molecule has 5 nitrogen and oxygen atoms in total. The Morgan fingerprint density at radius 1 is 1.00 bits per heavy atom. The summed E-state index contributed by atoms with van der Waals surface area (Å²) in [6.45, 7) is 0. The van der Waals surface area contributed by atoms with Gasteiger partial charge in [0, 0.05) is 4.47 Å². The summed E-state index contributed by atoms with van der Waals surface area (Å²) in [5.74, 6) is -0.363. The molecule has 0 aromatic heterocycles. The van der Waals surface area contributed by atoms with E-state index in [4.69, 9.17) is 16.3 Å². The standard InChI is InChI=1S/C22H16BrClN2O3/c23-17-9-5-15(6-10-17)13-21(27)26-25-14-16-7-11-18(12-8-16)29-22(28)19-3-1-2-4-20(19)24/h1-12,14H,13H2,(H,26,27)/b25-14-. The summed E-state index contributed by atoms with van der Waals surface area (Å²) in [4.78, 5) is 24.1. The van der Waals surface area contributed by atoms with Crippen molar-refractivity contribution < 1.29 is 14.3 Å². The van der Waals surface area contributed by atoms with Crippen LogP contribution in [-0.4, -0.2) is 18.1 Å². The summed E-state index contributed by atoms with van der Waals surface area (Å²) in [6, 6.07) is 20.9. The number of hydrogen-bond acceptors (Lipinski definition) is 4. The number of carbonyl (C=O) groups excluding carboxylic acids is 2. The molecule has 0 heterocycles. The van der Waals surface area contributed by atoms with Crippen LogP contribution in [0.5, 0.6) is 5.75 Å². The van der Waals surface area contributed by atoms with Gasteiger partial charge in [-0.1, -0.05) is 51.8 Å². The van der Waals surface area contributed by atoms with Gasteiger partial charge >= 0.3 is 5.97 Å². The van der Waals surface area contributed by atoms with Crippen molar-refractivity contribution >= 4 is 45.6 Å². The third-order valence-electron chi connectivity index (χ3n) is 3.87. The lowest BCUT2D eigenvalue weighted by molar-refractivity contribution is -0.120. The minimum Gasteiger partial charge on any atom is -0.423 e. The molecule has 0 aliphatic carbocycles. The van der Waals surface area contributed by atoms with Crippen LogP contribution in [0.15, 0.2) is 82.4 Å². The quantitative estimate of drug-likeness (QED) is 0.238. The predicted octanol–water partition coefficient (Wildman–Crippen LogP) is 5.01. The Hall–Kier alpha value is -2.96. The fraction of sp³-hybridized carbons (Fsp3) is 0.0455. The normalized spacial score (nSPS) is 10.7. The van der Waals surface area contributed by atoms with Crippen LogP contribution in [0.4, 0.5) is 0 Å². The summed E-state index contributed by atoms with van der Waals surface area (Å²) in [5, 5.41) is 4.28. The molecule has 0 spiro atoms. The lowest BCUT2D eigenvalue weighted by Crippen LogP contribution is -2.19. The topological polar surface area (TPSA) is 67.8 Å². The van der Waals surface area contributed by atoms with E-state index >= 15 is 0 Å². The second-order valence-electron chi connectivity index (χ2n) is 6.03. The number of nitrogens with zero attached hydrogens (tertiary/aromatic N) is 1. The van der Waals surface area contributed by atoms with Gasteiger partial charge in [-0.15, -0.1) is 0 Å². The van der Waals surface area contributed by atoms with E-state index in [1.165, 1.54) is 6.21 Å². The highest BCUT2D eigenvalue weighted by Gasteiger charge is 2.11. The molecule has 1 amide bonds. The number of hydrazone groups is 1. The number of benzene rings is 3. The first-order chi connectivity index (χ1) is 14.0. The number of nitrogens with one attached hydrogen (secondary N) is 1. The van der Waals surface area contributed by atoms with Crippen LogP contribution in [0, 0.1) is 0 Å². The number of carbonyl (C=O) groups is 2. The van der Waals surface area contributed by atoms with Crippen LogP contribution in [0.2, 0.25) is 5.02 Å². The van der Waals surface area contributed by atoms with E-state index in [-0.39, 0.29) is 12.3 Å². The molecule has 0 atom stereocenters. The number of ether oxygens (including phenoxy) is 1. The van der Waals surface area contributed by atoms with E-state index in [9.17, 15) is 9.59 Å². The van der Waals surface area contributed by atoms with Gasteiger partial charge in [-0.05, 0) is 59.7 Å². The van der Waals surface area contributed by atoms with Gasteiger partial charge in [-0.25, -0.2) is 10.2 Å². The number of halogens is 2. The highest BCUT2D eigenvalue weighted by Crippen LogP contribution is 2.19. The Balaban J connectivity index is 1.52. The smallest absolute Gasteiger partial charge is 0.345 e. The van der Waals surface area contributed by atoms with Gasteiger partial charge in [0.05, 0.1) is 23.2 Å². The minimum absolute atomic E-state index is 0.214. The van der Waals surface area contributed by atoms with E-state index in [1.807, 2.05) is 24.3 Å². The molecule has 0 saturated heterocycles. The van der Waals surface area contributed by atoms with Crippen LogP contribution in [0.1, 0.15) is 21.5 Å². The molecule has 29 heavy (non-hydrogen) atoms. The summed E-state index contributed by atoms with van der Waals surface area (Å²) in [7, 11) is 0. The molecule has 0 bridgehead atoms. The third-order valence-corrected chi connectivity index (χ3v) is 4.72. The Kier molecular flexibility index (Phi) is 7.16. The summed E-state index contributed by atoms with van der Waals surface area (Å²) in [5.41, 5.74) is 4.42. The Bertz CT molecular complexity index is 1030. The zero-order valence-electron chi connectivity index (χ0n) is 15.1. The molecule has 1 N–H and O–H groups in total. The first kappa shape index (κ1) is 20.8. The van der Waals surface area contributed by atoms with Crippen molar-refractivity contribution in [3.05, 3.63) is 99.0 Å². The minimum atomic E-state index is -0.530. The zero-order valence-corrected chi connectivity index (χ0v) is 17.5. The number of hydrogen-bond donors (Lipinski definition) is 1. The molecular weight excluding hydrogens is 456 g/mol. The molecule has 0 radical (unpaired) electrons. The molecule has 0 aliphatic heterocycles. The van der Waals surface area contributed by atoms with Gasteiger partial charge in [0.15, 0.2) is 0 Å². The van der Waals surface area contributed by atoms with Crippen molar-refractivity contribution in [1.82, 2.24) is 5.43 Å². The van der Waals surface area contributed by atoms with E-state index in [1.54, 1.807) is 48.5 Å². The van der Waals surface area contributed by atoms with Crippen molar-refractivity contribution in [1.29, 1.82) is 0 Å². The van der Waals surface area contributed by atoms with Crippen molar-refractivity contribution in [3.8, 4) is 5.75 Å². The SMILES string of the molecule is O=C(Cc1ccc(Br)cc1)N/N=C\c1ccc(OC(=O)c2ccccc2Cl)cc1.